The van der Waals surface area contributed by atoms with E-state index in [0.717, 1.165) is 17.1 Å². The Labute approximate surface area is 114 Å². The lowest BCUT2D eigenvalue weighted by atomic mass is 10.2. The molecule has 0 aromatic carbocycles. The Balaban J connectivity index is 2.11. The van der Waals surface area contributed by atoms with Crippen molar-refractivity contribution in [2.75, 3.05) is 37.3 Å². The van der Waals surface area contributed by atoms with Gasteiger partial charge in [0.2, 0.25) is 10.0 Å². The summed E-state index contributed by atoms with van der Waals surface area (Å²) in [6.07, 6.45) is 1.25. The van der Waals surface area contributed by atoms with Crippen molar-refractivity contribution in [2.45, 2.75) is 13.5 Å². The molecule has 0 atom stereocenters. The van der Waals surface area contributed by atoms with E-state index in [9.17, 15) is 8.42 Å². The van der Waals surface area contributed by atoms with Crippen molar-refractivity contribution < 1.29 is 8.42 Å². The standard InChI is InChI=1S/C12H20N4O2S/c1-10-7-11(9-13)8-12(14-10)15-3-5-16(6-4-15)19(2,17)18/h7-8H,3-6,9,13H2,1-2H3. The zero-order valence-corrected chi connectivity index (χ0v) is 12.2. The van der Waals surface area contributed by atoms with E-state index in [4.69, 9.17) is 5.73 Å². The molecule has 0 bridgehead atoms. The van der Waals surface area contributed by atoms with Crippen molar-refractivity contribution in [3.63, 3.8) is 0 Å². The minimum atomic E-state index is -3.09. The van der Waals surface area contributed by atoms with E-state index in [0.29, 0.717) is 32.7 Å². The predicted octanol–water partition coefficient (Wildman–Crippen LogP) is -0.0697. The van der Waals surface area contributed by atoms with Crippen LogP contribution in [0.4, 0.5) is 5.82 Å². The first-order valence-corrected chi connectivity index (χ1v) is 8.12. The highest BCUT2D eigenvalue weighted by Gasteiger charge is 2.24. The van der Waals surface area contributed by atoms with E-state index in [1.165, 1.54) is 10.6 Å². The fraction of sp³-hybridized carbons (Fsp3) is 0.583. The highest BCUT2D eigenvalue weighted by Crippen LogP contribution is 2.17. The van der Waals surface area contributed by atoms with Crippen LogP contribution >= 0.6 is 0 Å². The second-order valence-corrected chi connectivity index (χ2v) is 6.81. The fourth-order valence-electron chi connectivity index (χ4n) is 2.25. The molecule has 1 aromatic rings. The monoisotopic (exact) mass is 284 g/mol. The Morgan fingerprint density at radius 2 is 1.89 bits per heavy atom. The Morgan fingerprint density at radius 3 is 2.42 bits per heavy atom. The molecule has 0 saturated carbocycles. The number of anilines is 1. The molecule has 2 N–H and O–H groups in total. The summed E-state index contributed by atoms with van der Waals surface area (Å²) in [5, 5.41) is 0. The summed E-state index contributed by atoms with van der Waals surface area (Å²) in [6, 6.07) is 3.94. The summed E-state index contributed by atoms with van der Waals surface area (Å²) >= 11 is 0. The molecular weight excluding hydrogens is 264 g/mol. The molecule has 1 aliphatic rings. The van der Waals surface area contributed by atoms with Gasteiger partial charge in [0.05, 0.1) is 6.26 Å². The first-order chi connectivity index (χ1) is 8.90. The molecular formula is C12H20N4O2S. The summed E-state index contributed by atoms with van der Waals surface area (Å²) < 4.78 is 24.4. The van der Waals surface area contributed by atoms with Gasteiger partial charge < -0.3 is 10.6 Å². The Kier molecular flexibility index (Phi) is 4.07. The van der Waals surface area contributed by atoms with E-state index >= 15 is 0 Å². The first kappa shape index (κ1) is 14.2. The minimum absolute atomic E-state index is 0.486. The van der Waals surface area contributed by atoms with Crippen LogP contribution in [0.5, 0.6) is 0 Å². The molecule has 0 aliphatic carbocycles. The Bertz CT molecular complexity index is 551. The number of sulfonamides is 1. The number of hydrogen-bond donors (Lipinski definition) is 1. The van der Waals surface area contributed by atoms with Gasteiger partial charge in [-0.25, -0.2) is 13.4 Å². The predicted molar refractivity (Wildman–Crippen MR) is 75.5 cm³/mol. The third kappa shape index (κ3) is 3.43. The molecule has 1 aromatic heterocycles. The van der Waals surface area contributed by atoms with Crippen LogP contribution in [0, 0.1) is 6.92 Å². The van der Waals surface area contributed by atoms with Crippen LogP contribution in [0.2, 0.25) is 0 Å². The average molecular weight is 284 g/mol. The van der Waals surface area contributed by atoms with Crippen molar-refractivity contribution >= 4 is 15.8 Å². The van der Waals surface area contributed by atoms with Gasteiger partial charge >= 0.3 is 0 Å². The maximum atomic E-state index is 11.5. The van der Waals surface area contributed by atoms with Crippen molar-refractivity contribution in [1.82, 2.24) is 9.29 Å². The summed E-state index contributed by atoms with van der Waals surface area (Å²) in [4.78, 5) is 6.60. The van der Waals surface area contributed by atoms with Crippen molar-refractivity contribution in [1.29, 1.82) is 0 Å². The Morgan fingerprint density at radius 1 is 1.26 bits per heavy atom. The van der Waals surface area contributed by atoms with Gasteiger partial charge in [-0.3, -0.25) is 0 Å². The van der Waals surface area contributed by atoms with E-state index in [2.05, 4.69) is 9.88 Å². The highest BCUT2D eigenvalue weighted by atomic mass is 32.2. The van der Waals surface area contributed by atoms with E-state index < -0.39 is 10.0 Å². The molecule has 2 heterocycles. The number of aromatic nitrogens is 1. The van der Waals surface area contributed by atoms with Gasteiger partial charge in [-0.05, 0) is 24.6 Å². The number of piperazine rings is 1. The molecule has 0 spiro atoms. The molecule has 1 fully saturated rings. The van der Waals surface area contributed by atoms with E-state index in [1.54, 1.807) is 0 Å². The molecule has 0 amide bonds. The highest BCUT2D eigenvalue weighted by molar-refractivity contribution is 7.88. The van der Waals surface area contributed by atoms with Gasteiger partial charge in [0.15, 0.2) is 0 Å². The average Bonchev–Trinajstić information content (AvgIpc) is 2.37. The summed E-state index contributed by atoms with van der Waals surface area (Å²) in [7, 11) is -3.09. The fourth-order valence-corrected chi connectivity index (χ4v) is 3.08. The lowest BCUT2D eigenvalue weighted by molar-refractivity contribution is 0.387. The zero-order chi connectivity index (χ0) is 14.0. The van der Waals surface area contributed by atoms with Crippen molar-refractivity contribution in [2.24, 2.45) is 5.73 Å². The topological polar surface area (TPSA) is 79.5 Å². The van der Waals surface area contributed by atoms with Crippen LogP contribution < -0.4 is 10.6 Å². The number of nitrogens with two attached hydrogens (primary N) is 1. The summed E-state index contributed by atoms with van der Waals surface area (Å²) in [5.41, 5.74) is 7.65. The van der Waals surface area contributed by atoms with Gasteiger partial charge in [-0.2, -0.15) is 4.31 Å². The maximum absolute atomic E-state index is 11.5. The number of aryl methyl sites for hydroxylation is 1. The third-order valence-electron chi connectivity index (χ3n) is 3.27. The molecule has 0 unspecified atom stereocenters. The van der Waals surface area contributed by atoms with Gasteiger partial charge in [0, 0.05) is 38.4 Å². The van der Waals surface area contributed by atoms with Crippen LogP contribution in [0.25, 0.3) is 0 Å². The minimum Gasteiger partial charge on any atom is -0.354 e. The summed E-state index contributed by atoms with van der Waals surface area (Å²) in [6.45, 7) is 4.76. The molecule has 106 valence electrons. The number of hydrogen-bond acceptors (Lipinski definition) is 5. The molecule has 19 heavy (non-hydrogen) atoms. The quantitative estimate of drug-likeness (QED) is 0.840. The zero-order valence-electron chi connectivity index (χ0n) is 11.3. The molecule has 1 saturated heterocycles. The SMILES string of the molecule is Cc1cc(CN)cc(N2CCN(S(C)(=O)=O)CC2)n1. The van der Waals surface area contributed by atoms with Crippen molar-refractivity contribution in [3.05, 3.63) is 23.4 Å². The van der Waals surface area contributed by atoms with Crippen LogP contribution in [0.3, 0.4) is 0 Å². The number of nitrogens with zero attached hydrogens (tertiary/aromatic N) is 3. The van der Waals surface area contributed by atoms with E-state index in [1.807, 2.05) is 19.1 Å². The van der Waals surface area contributed by atoms with Gasteiger partial charge in [0.25, 0.3) is 0 Å². The van der Waals surface area contributed by atoms with Gasteiger partial charge in [0.1, 0.15) is 5.82 Å². The molecule has 1 aliphatic heterocycles. The Hall–Kier alpha value is -1.18. The van der Waals surface area contributed by atoms with E-state index in [-0.39, 0.29) is 0 Å². The number of pyridine rings is 1. The second-order valence-electron chi connectivity index (χ2n) is 4.83. The van der Waals surface area contributed by atoms with Crippen LogP contribution in [-0.4, -0.2) is 50.1 Å². The van der Waals surface area contributed by atoms with Gasteiger partial charge in [-0.15, -0.1) is 0 Å². The second kappa shape index (κ2) is 5.44. The number of rotatable bonds is 3. The van der Waals surface area contributed by atoms with Crippen LogP contribution in [-0.2, 0) is 16.6 Å². The maximum Gasteiger partial charge on any atom is 0.211 e. The smallest absolute Gasteiger partial charge is 0.211 e. The van der Waals surface area contributed by atoms with Crippen LogP contribution in [0.15, 0.2) is 12.1 Å². The normalized spacial score (nSPS) is 17.7. The molecule has 2 rings (SSSR count). The largest absolute Gasteiger partial charge is 0.354 e. The molecule has 6 nitrogen and oxygen atoms in total. The van der Waals surface area contributed by atoms with Crippen molar-refractivity contribution in [3.8, 4) is 0 Å². The van der Waals surface area contributed by atoms with Gasteiger partial charge in [-0.1, -0.05) is 0 Å². The summed E-state index contributed by atoms with van der Waals surface area (Å²) in [5.74, 6) is 0.883. The first-order valence-electron chi connectivity index (χ1n) is 6.28. The lowest BCUT2D eigenvalue weighted by Crippen LogP contribution is -2.48. The molecule has 0 radical (unpaired) electrons. The third-order valence-corrected chi connectivity index (χ3v) is 4.57. The molecule has 7 heteroatoms. The van der Waals surface area contributed by atoms with Crippen LogP contribution in [0.1, 0.15) is 11.3 Å². The lowest BCUT2D eigenvalue weighted by Gasteiger charge is -2.34.